The van der Waals surface area contributed by atoms with E-state index in [0.717, 1.165) is 36.3 Å². The van der Waals surface area contributed by atoms with Crippen molar-refractivity contribution in [2.75, 3.05) is 26.1 Å². The number of carbonyl (C=O) groups excluding carboxylic acids is 1. The van der Waals surface area contributed by atoms with Crippen LogP contribution in [-0.2, 0) is 6.42 Å². The molecule has 1 fully saturated rings. The average molecular weight is 359 g/mol. The Hall–Kier alpha value is -2.70. The molecule has 0 spiro atoms. The minimum absolute atomic E-state index is 0.00339. The number of hydrogen-bond donors (Lipinski definition) is 1. The third-order valence-corrected chi connectivity index (χ3v) is 4.79. The number of hydrogen-bond acceptors (Lipinski definition) is 5. The van der Waals surface area contributed by atoms with E-state index in [2.05, 4.69) is 10.5 Å². The Morgan fingerprint density at radius 3 is 2.81 bits per heavy atom. The van der Waals surface area contributed by atoms with Gasteiger partial charge in [0.15, 0.2) is 11.5 Å². The van der Waals surface area contributed by atoms with Crippen molar-refractivity contribution in [1.82, 2.24) is 10.1 Å². The zero-order valence-corrected chi connectivity index (χ0v) is 15.7. The van der Waals surface area contributed by atoms with Crippen LogP contribution in [0, 0.1) is 6.92 Å². The van der Waals surface area contributed by atoms with Gasteiger partial charge in [-0.1, -0.05) is 12.1 Å². The Kier molecular flexibility index (Phi) is 5.35. The number of rotatable bonds is 5. The minimum atomic E-state index is -0.137. The molecule has 1 aliphatic rings. The number of methoxy groups -OCH3 is 2. The molecule has 0 unspecified atom stereocenters. The monoisotopic (exact) mass is 359 g/mol. The maximum Gasteiger partial charge on any atom is 0.322 e. The Balaban J connectivity index is 1.80. The zero-order chi connectivity index (χ0) is 18.7. The second-order valence-corrected chi connectivity index (χ2v) is 6.31. The van der Waals surface area contributed by atoms with Crippen molar-refractivity contribution in [3.8, 4) is 11.5 Å². The van der Waals surface area contributed by atoms with Crippen molar-refractivity contribution in [3.63, 3.8) is 0 Å². The summed E-state index contributed by atoms with van der Waals surface area (Å²) in [6, 6.07) is 5.18. The van der Waals surface area contributed by atoms with Gasteiger partial charge in [0.05, 0.1) is 26.0 Å². The van der Waals surface area contributed by atoms with E-state index in [9.17, 15) is 4.79 Å². The molecular weight excluding hydrogens is 334 g/mol. The fourth-order valence-corrected chi connectivity index (χ4v) is 3.52. The topological polar surface area (TPSA) is 76.8 Å². The van der Waals surface area contributed by atoms with Gasteiger partial charge in [-0.25, -0.2) is 4.79 Å². The molecule has 1 aliphatic heterocycles. The highest BCUT2D eigenvalue weighted by Gasteiger charge is 2.34. The molecule has 7 heteroatoms. The van der Waals surface area contributed by atoms with E-state index in [0.29, 0.717) is 23.7 Å². The first-order chi connectivity index (χ1) is 12.6. The van der Waals surface area contributed by atoms with Crippen LogP contribution in [0.25, 0.3) is 0 Å². The van der Waals surface area contributed by atoms with E-state index in [1.165, 1.54) is 0 Å². The number of anilines is 1. The van der Waals surface area contributed by atoms with Crippen molar-refractivity contribution in [2.45, 2.75) is 39.2 Å². The van der Waals surface area contributed by atoms with Gasteiger partial charge in [0.1, 0.15) is 5.76 Å². The zero-order valence-electron chi connectivity index (χ0n) is 15.7. The normalized spacial score (nSPS) is 16.6. The van der Waals surface area contributed by atoms with Crippen LogP contribution >= 0.6 is 0 Å². The molecule has 0 saturated carbocycles. The van der Waals surface area contributed by atoms with Gasteiger partial charge in [-0.2, -0.15) is 0 Å². The first kappa shape index (κ1) is 18.1. The third kappa shape index (κ3) is 3.34. The summed E-state index contributed by atoms with van der Waals surface area (Å²) < 4.78 is 16.0. The van der Waals surface area contributed by atoms with E-state index >= 15 is 0 Å². The third-order valence-electron chi connectivity index (χ3n) is 4.79. The molecule has 0 radical (unpaired) electrons. The number of nitrogens with one attached hydrogen (secondary N) is 1. The Labute approximate surface area is 153 Å². The van der Waals surface area contributed by atoms with E-state index in [4.69, 9.17) is 14.0 Å². The minimum Gasteiger partial charge on any atom is -0.493 e. The van der Waals surface area contributed by atoms with E-state index in [1.807, 2.05) is 18.7 Å². The van der Waals surface area contributed by atoms with Gasteiger partial charge in [0, 0.05) is 30.3 Å². The highest BCUT2D eigenvalue weighted by atomic mass is 16.5. The van der Waals surface area contributed by atoms with Crippen LogP contribution in [0.3, 0.4) is 0 Å². The molecule has 2 heterocycles. The predicted molar refractivity (Wildman–Crippen MR) is 97.9 cm³/mol. The second kappa shape index (κ2) is 7.68. The molecule has 1 aromatic carbocycles. The van der Waals surface area contributed by atoms with Crippen LogP contribution in [0.4, 0.5) is 10.5 Å². The first-order valence-corrected chi connectivity index (χ1v) is 8.83. The number of amides is 2. The van der Waals surface area contributed by atoms with Crippen molar-refractivity contribution in [3.05, 3.63) is 35.2 Å². The van der Waals surface area contributed by atoms with Crippen molar-refractivity contribution in [1.29, 1.82) is 0 Å². The fourth-order valence-electron chi connectivity index (χ4n) is 3.52. The largest absolute Gasteiger partial charge is 0.493 e. The molecule has 0 bridgehead atoms. The molecule has 2 amide bonds. The quantitative estimate of drug-likeness (QED) is 0.875. The molecule has 26 heavy (non-hydrogen) atoms. The molecule has 0 aliphatic carbocycles. The molecule has 2 aromatic rings. The van der Waals surface area contributed by atoms with Gasteiger partial charge >= 0.3 is 6.03 Å². The van der Waals surface area contributed by atoms with E-state index in [-0.39, 0.29) is 12.1 Å². The summed E-state index contributed by atoms with van der Waals surface area (Å²) in [4.78, 5) is 14.7. The number of nitrogens with zero attached hydrogens (tertiary/aromatic N) is 2. The van der Waals surface area contributed by atoms with Crippen LogP contribution in [0.5, 0.6) is 11.5 Å². The van der Waals surface area contributed by atoms with Gasteiger partial charge in [0.25, 0.3) is 0 Å². The van der Waals surface area contributed by atoms with E-state index < -0.39 is 0 Å². The molecule has 1 N–H and O–H groups in total. The van der Waals surface area contributed by atoms with E-state index in [1.54, 1.807) is 32.4 Å². The summed E-state index contributed by atoms with van der Waals surface area (Å²) >= 11 is 0. The van der Waals surface area contributed by atoms with Gasteiger partial charge in [-0.3, -0.25) is 0 Å². The van der Waals surface area contributed by atoms with Crippen LogP contribution in [0.1, 0.15) is 42.8 Å². The number of benzene rings is 1. The Morgan fingerprint density at radius 2 is 2.12 bits per heavy atom. The maximum atomic E-state index is 12.9. The Morgan fingerprint density at radius 1 is 1.35 bits per heavy atom. The number of aromatic nitrogens is 1. The number of likely N-dealkylation sites (tertiary alicyclic amines) is 1. The summed E-state index contributed by atoms with van der Waals surface area (Å²) in [7, 11) is 3.15. The molecule has 1 aromatic heterocycles. The molecule has 1 saturated heterocycles. The van der Waals surface area contributed by atoms with Crippen LogP contribution < -0.4 is 14.8 Å². The first-order valence-electron chi connectivity index (χ1n) is 8.83. The lowest BCUT2D eigenvalue weighted by Crippen LogP contribution is -2.34. The van der Waals surface area contributed by atoms with Crippen molar-refractivity contribution >= 4 is 11.7 Å². The van der Waals surface area contributed by atoms with Gasteiger partial charge < -0.3 is 24.2 Å². The summed E-state index contributed by atoms with van der Waals surface area (Å²) in [5.74, 6) is 2.06. The standard InChI is InChI=1S/C19H25N3O4/c1-5-15-18(12(2)21-26-15)14-7-6-10-22(14)19(23)20-13-8-9-16(24-3)17(11-13)25-4/h8-9,11,14H,5-7,10H2,1-4H3,(H,20,23)/t14-/m0/s1. The van der Waals surface area contributed by atoms with Crippen molar-refractivity contribution in [2.24, 2.45) is 0 Å². The molecule has 3 rings (SSSR count). The lowest BCUT2D eigenvalue weighted by molar-refractivity contribution is 0.206. The number of urea groups is 1. The summed E-state index contributed by atoms with van der Waals surface area (Å²) in [6.07, 6.45) is 2.63. The summed E-state index contributed by atoms with van der Waals surface area (Å²) in [5.41, 5.74) is 2.57. The lowest BCUT2D eigenvalue weighted by Gasteiger charge is -2.25. The smallest absolute Gasteiger partial charge is 0.322 e. The predicted octanol–water partition coefficient (Wildman–Crippen LogP) is 3.93. The van der Waals surface area contributed by atoms with Crippen LogP contribution in [-0.4, -0.2) is 36.9 Å². The molecule has 1 atom stereocenters. The molecule has 140 valence electrons. The van der Waals surface area contributed by atoms with Gasteiger partial charge in [0.2, 0.25) is 0 Å². The van der Waals surface area contributed by atoms with Gasteiger partial charge in [-0.15, -0.1) is 0 Å². The number of ether oxygens (including phenoxy) is 2. The molecule has 7 nitrogen and oxygen atoms in total. The highest BCUT2D eigenvalue weighted by molar-refractivity contribution is 5.90. The summed E-state index contributed by atoms with van der Waals surface area (Å²) in [5, 5.41) is 7.05. The van der Waals surface area contributed by atoms with Crippen molar-refractivity contribution < 1.29 is 18.8 Å². The SMILES string of the molecule is CCc1onc(C)c1[C@@H]1CCCN1C(=O)Nc1ccc(OC)c(OC)c1. The summed E-state index contributed by atoms with van der Waals surface area (Å²) in [6.45, 7) is 4.67. The van der Waals surface area contributed by atoms with Crippen LogP contribution in [0.2, 0.25) is 0 Å². The number of carbonyl (C=O) groups is 1. The second-order valence-electron chi connectivity index (χ2n) is 6.31. The maximum absolute atomic E-state index is 12.9. The van der Waals surface area contributed by atoms with Crippen LogP contribution in [0.15, 0.2) is 22.7 Å². The lowest BCUT2D eigenvalue weighted by atomic mass is 10.0. The molecular formula is C19H25N3O4. The fraction of sp³-hybridized carbons (Fsp3) is 0.474. The highest BCUT2D eigenvalue weighted by Crippen LogP contribution is 2.37. The average Bonchev–Trinajstić information content (AvgIpc) is 3.27. The Bertz CT molecular complexity index is 787. The van der Waals surface area contributed by atoms with Gasteiger partial charge in [-0.05, 0) is 31.9 Å². The number of aryl methyl sites for hydroxylation is 2.